The van der Waals surface area contributed by atoms with Crippen LogP contribution in [0.5, 0.6) is 0 Å². The van der Waals surface area contributed by atoms with Crippen LogP contribution >= 0.6 is 11.6 Å². The van der Waals surface area contributed by atoms with Gasteiger partial charge in [0.1, 0.15) is 13.1 Å². The topological polar surface area (TPSA) is 35.5 Å². The van der Waals surface area contributed by atoms with Crippen LogP contribution in [0.25, 0.3) is 0 Å². The van der Waals surface area contributed by atoms with E-state index in [1.807, 2.05) is 0 Å². The van der Waals surface area contributed by atoms with E-state index >= 15 is 0 Å². The van der Waals surface area contributed by atoms with E-state index in [0.29, 0.717) is 6.61 Å². The van der Waals surface area contributed by atoms with Gasteiger partial charge < -0.3 is 14.0 Å². The fourth-order valence-electron chi connectivity index (χ4n) is 3.74. The zero-order chi connectivity index (χ0) is 22.1. The summed E-state index contributed by atoms with van der Waals surface area (Å²) in [5.74, 6) is 0. The summed E-state index contributed by atoms with van der Waals surface area (Å²) < 4.78 is 10.5. The number of benzene rings is 2. The van der Waals surface area contributed by atoms with Crippen molar-refractivity contribution in [3.8, 4) is 0 Å². The van der Waals surface area contributed by atoms with Crippen molar-refractivity contribution < 1.29 is 18.8 Å². The van der Waals surface area contributed by atoms with Crippen LogP contribution in [0.15, 0.2) is 36.4 Å². The zero-order valence-electron chi connectivity index (χ0n) is 19.0. The van der Waals surface area contributed by atoms with Crippen molar-refractivity contribution in [1.82, 2.24) is 0 Å². The van der Waals surface area contributed by atoms with Gasteiger partial charge in [-0.25, -0.2) is 4.79 Å². The van der Waals surface area contributed by atoms with E-state index in [2.05, 4.69) is 75.9 Å². The Labute approximate surface area is 186 Å². The van der Waals surface area contributed by atoms with Gasteiger partial charge in [-0.1, -0.05) is 48.0 Å². The minimum atomic E-state index is -0.701. The SMILES string of the molecule is Cc1ccc(C[N+](C)(CCCCOC(=O)OCCl)Cc2ccc(C)c(C)c2)cc1C. The maximum absolute atomic E-state index is 11.3. The molecule has 0 saturated carbocycles. The second-order valence-corrected chi connectivity index (χ2v) is 8.77. The Morgan fingerprint density at radius 1 is 0.833 bits per heavy atom. The van der Waals surface area contributed by atoms with Crippen LogP contribution in [-0.4, -0.2) is 36.9 Å². The summed E-state index contributed by atoms with van der Waals surface area (Å²) in [6, 6.07) is 13.3. The molecule has 0 aliphatic rings. The first-order valence-electron chi connectivity index (χ1n) is 10.5. The second-order valence-electron chi connectivity index (χ2n) is 8.56. The molecule has 0 amide bonds. The van der Waals surface area contributed by atoms with Gasteiger partial charge in [-0.05, 0) is 62.8 Å². The summed E-state index contributed by atoms with van der Waals surface area (Å²) in [5, 5.41) is 0. The Hall–Kier alpha value is -2.04. The molecule has 0 bridgehead atoms. The first-order chi connectivity index (χ1) is 14.2. The Bertz CT molecular complexity index is 797. The third-order valence-corrected chi connectivity index (χ3v) is 5.86. The van der Waals surface area contributed by atoms with E-state index in [1.165, 1.54) is 33.4 Å². The van der Waals surface area contributed by atoms with Crippen LogP contribution in [0.4, 0.5) is 4.79 Å². The lowest BCUT2D eigenvalue weighted by atomic mass is 10.0. The van der Waals surface area contributed by atoms with Gasteiger partial charge in [0.25, 0.3) is 0 Å². The fourth-order valence-corrected chi connectivity index (χ4v) is 3.83. The van der Waals surface area contributed by atoms with E-state index in [-0.39, 0.29) is 6.07 Å². The van der Waals surface area contributed by atoms with E-state index < -0.39 is 6.16 Å². The molecule has 0 N–H and O–H groups in total. The predicted molar refractivity (Wildman–Crippen MR) is 123 cm³/mol. The molecular formula is C25H35ClNO3+. The zero-order valence-corrected chi connectivity index (χ0v) is 19.7. The van der Waals surface area contributed by atoms with Crippen molar-refractivity contribution in [1.29, 1.82) is 0 Å². The molecule has 5 heteroatoms. The number of unbranched alkanes of at least 4 members (excludes halogenated alkanes) is 1. The summed E-state index contributed by atoms with van der Waals surface area (Å²) >= 11 is 5.37. The lowest BCUT2D eigenvalue weighted by molar-refractivity contribution is -0.935. The van der Waals surface area contributed by atoms with Crippen LogP contribution in [0, 0.1) is 27.7 Å². The van der Waals surface area contributed by atoms with Gasteiger partial charge in [-0.2, -0.15) is 0 Å². The molecule has 0 heterocycles. The molecule has 0 aromatic heterocycles. The number of quaternary nitrogens is 1. The molecule has 164 valence electrons. The quantitative estimate of drug-likeness (QED) is 0.194. The molecule has 0 saturated heterocycles. The highest BCUT2D eigenvalue weighted by atomic mass is 35.5. The Morgan fingerprint density at radius 2 is 1.37 bits per heavy atom. The van der Waals surface area contributed by atoms with Gasteiger partial charge in [0, 0.05) is 11.1 Å². The lowest BCUT2D eigenvalue weighted by Gasteiger charge is -2.35. The third-order valence-electron chi connectivity index (χ3n) is 5.76. The second kappa shape index (κ2) is 11.4. The number of hydrogen-bond acceptors (Lipinski definition) is 3. The molecule has 2 rings (SSSR count). The number of halogens is 1. The molecule has 0 spiro atoms. The summed E-state index contributed by atoms with van der Waals surface area (Å²) in [6.07, 6.45) is 1.05. The third kappa shape index (κ3) is 7.66. The van der Waals surface area contributed by atoms with E-state index in [0.717, 1.165) is 37.0 Å². The smallest absolute Gasteiger partial charge is 0.434 e. The van der Waals surface area contributed by atoms with Crippen LogP contribution in [-0.2, 0) is 22.6 Å². The lowest BCUT2D eigenvalue weighted by Crippen LogP contribution is -2.43. The maximum atomic E-state index is 11.3. The van der Waals surface area contributed by atoms with Crippen molar-refractivity contribution in [3.63, 3.8) is 0 Å². The number of aryl methyl sites for hydroxylation is 4. The summed E-state index contributed by atoms with van der Waals surface area (Å²) in [7, 11) is 2.31. The van der Waals surface area contributed by atoms with Gasteiger partial charge in [-0.15, -0.1) is 0 Å². The standard InChI is InChI=1S/C25H35ClNO3/c1-19-8-10-23(14-21(19)3)16-27(5,12-6-7-13-29-25(28)30-18-26)17-24-11-9-20(2)22(4)15-24/h8-11,14-15H,6-7,12-13,16-18H2,1-5H3/q+1. The number of carbonyl (C=O) groups excluding carboxylic acids is 1. The molecule has 2 aromatic carbocycles. The minimum absolute atomic E-state index is 0.181. The Morgan fingerprint density at radius 3 is 1.83 bits per heavy atom. The van der Waals surface area contributed by atoms with Crippen molar-refractivity contribution >= 4 is 17.8 Å². The summed E-state index contributed by atoms with van der Waals surface area (Å²) in [6.45, 7) is 11.9. The highest BCUT2D eigenvalue weighted by Crippen LogP contribution is 2.22. The van der Waals surface area contributed by atoms with Crippen LogP contribution < -0.4 is 0 Å². The molecule has 0 aliphatic heterocycles. The van der Waals surface area contributed by atoms with E-state index in [1.54, 1.807) is 0 Å². The number of alkyl halides is 1. The van der Waals surface area contributed by atoms with Gasteiger partial charge >= 0.3 is 6.16 Å². The Balaban J connectivity index is 2.07. The number of ether oxygens (including phenoxy) is 2. The van der Waals surface area contributed by atoms with Crippen molar-refractivity contribution in [2.24, 2.45) is 0 Å². The largest absolute Gasteiger partial charge is 0.509 e. The number of carbonyl (C=O) groups is 1. The molecule has 4 nitrogen and oxygen atoms in total. The minimum Gasteiger partial charge on any atom is -0.434 e. The number of rotatable bonds is 10. The molecular weight excluding hydrogens is 398 g/mol. The predicted octanol–water partition coefficient (Wildman–Crippen LogP) is 6.20. The van der Waals surface area contributed by atoms with Crippen molar-refractivity contribution in [2.45, 2.75) is 53.6 Å². The average Bonchev–Trinajstić information content (AvgIpc) is 2.67. The van der Waals surface area contributed by atoms with Gasteiger partial charge in [0.2, 0.25) is 0 Å². The number of hydrogen-bond donors (Lipinski definition) is 0. The molecule has 0 radical (unpaired) electrons. The van der Waals surface area contributed by atoms with Gasteiger partial charge in [0.15, 0.2) is 6.07 Å². The first kappa shape index (κ1) is 24.2. The molecule has 2 aromatic rings. The highest BCUT2D eigenvalue weighted by molar-refractivity contribution is 6.17. The molecule has 0 aliphatic carbocycles. The van der Waals surface area contributed by atoms with Gasteiger partial charge in [-0.3, -0.25) is 0 Å². The van der Waals surface area contributed by atoms with Crippen LogP contribution in [0.2, 0.25) is 0 Å². The van der Waals surface area contributed by atoms with Crippen molar-refractivity contribution in [3.05, 3.63) is 69.8 Å². The normalized spacial score (nSPS) is 11.4. The highest BCUT2D eigenvalue weighted by Gasteiger charge is 2.23. The fraction of sp³-hybridized carbons (Fsp3) is 0.480. The first-order valence-corrected chi connectivity index (χ1v) is 11.1. The molecule has 30 heavy (non-hydrogen) atoms. The molecule has 0 unspecified atom stereocenters. The van der Waals surface area contributed by atoms with Crippen molar-refractivity contribution in [2.75, 3.05) is 26.3 Å². The molecule has 0 atom stereocenters. The Kier molecular flexibility index (Phi) is 9.19. The summed E-state index contributed by atoms with van der Waals surface area (Å²) in [5.41, 5.74) is 8.01. The number of nitrogens with zero attached hydrogens (tertiary/aromatic N) is 1. The van der Waals surface area contributed by atoms with E-state index in [9.17, 15) is 4.79 Å². The average molecular weight is 433 g/mol. The van der Waals surface area contributed by atoms with E-state index in [4.69, 9.17) is 16.3 Å². The van der Waals surface area contributed by atoms with Crippen LogP contribution in [0.3, 0.4) is 0 Å². The van der Waals surface area contributed by atoms with Gasteiger partial charge in [0.05, 0.1) is 20.2 Å². The maximum Gasteiger partial charge on any atom is 0.509 e. The molecule has 0 fully saturated rings. The monoisotopic (exact) mass is 432 g/mol. The summed E-state index contributed by atoms with van der Waals surface area (Å²) in [4.78, 5) is 11.3. The van der Waals surface area contributed by atoms with Crippen LogP contribution in [0.1, 0.15) is 46.2 Å².